The van der Waals surface area contributed by atoms with E-state index in [0.717, 1.165) is 9.60 Å². The number of benzene rings is 2. The Bertz CT molecular complexity index is 977. The molecule has 6 nitrogen and oxygen atoms in total. The molecule has 1 amide bonds. The van der Waals surface area contributed by atoms with Crippen molar-refractivity contribution in [2.75, 3.05) is 13.6 Å². The Balaban J connectivity index is 2.14. The van der Waals surface area contributed by atoms with Gasteiger partial charge in [0, 0.05) is 7.05 Å². The first-order valence-corrected chi connectivity index (χ1v) is 8.38. The number of amides is 1. The molecule has 0 aliphatic rings. The predicted octanol–water partition coefficient (Wildman–Crippen LogP) is 2.20. The van der Waals surface area contributed by atoms with Crippen LogP contribution < -0.4 is 5.56 Å². The van der Waals surface area contributed by atoms with E-state index in [1.54, 1.807) is 36.4 Å². The Morgan fingerprint density at radius 2 is 1.76 bits per heavy atom. The van der Waals surface area contributed by atoms with Gasteiger partial charge in [0.25, 0.3) is 11.5 Å². The smallest absolute Gasteiger partial charge is 0.323 e. The van der Waals surface area contributed by atoms with Gasteiger partial charge >= 0.3 is 5.97 Å². The van der Waals surface area contributed by atoms with Gasteiger partial charge in [0.05, 0.1) is 10.1 Å². The molecule has 0 spiro atoms. The number of hydrogen-bond acceptors (Lipinski definition) is 4. The summed E-state index contributed by atoms with van der Waals surface area (Å²) in [4.78, 5) is 37.8. The van der Waals surface area contributed by atoms with Crippen LogP contribution in [0.5, 0.6) is 0 Å². The minimum Gasteiger partial charge on any atom is -0.480 e. The highest BCUT2D eigenvalue weighted by atomic mass is 32.1. The number of carboxylic acid groups (broad SMARTS) is 1. The predicted molar refractivity (Wildman–Crippen MR) is 95.9 cm³/mol. The van der Waals surface area contributed by atoms with Crippen LogP contribution in [0.2, 0.25) is 0 Å². The highest BCUT2D eigenvalue weighted by Gasteiger charge is 2.29. The van der Waals surface area contributed by atoms with Gasteiger partial charge in [0.1, 0.15) is 6.54 Å². The standard InChI is InChI=1S/C18H16N2O4S/c1-19(11-15(21)22)18(24)16(12-7-3-2-4-8-12)20-17(23)13-9-5-6-10-14(13)25-20/h2-10,16H,11H2,1H3,(H,21,22). The number of carbonyl (C=O) groups is 2. The molecule has 128 valence electrons. The fraction of sp³-hybridized carbons (Fsp3) is 0.167. The van der Waals surface area contributed by atoms with Crippen LogP contribution in [0.15, 0.2) is 59.4 Å². The Kier molecular flexibility index (Phi) is 4.67. The van der Waals surface area contributed by atoms with Crippen molar-refractivity contribution in [3.8, 4) is 0 Å². The minimum absolute atomic E-state index is 0.258. The molecular weight excluding hydrogens is 340 g/mol. The van der Waals surface area contributed by atoms with E-state index < -0.39 is 24.5 Å². The number of rotatable bonds is 5. The molecule has 1 heterocycles. The van der Waals surface area contributed by atoms with Crippen molar-refractivity contribution in [2.24, 2.45) is 0 Å². The third kappa shape index (κ3) is 3.32. The van der Waals surface area contributed by atoms with Gasteiger partial charge in [-0.1, -0.05) is 54.0 Å². The van der Waals surface area contributed by atoms with Crippen molar-refractivity contribution in [3.05, 3.63) is 70.5 Å². The summed E-state index contributed by atoms with van der Waals surface area (Å²) < 4.78 is 2.20. The normalized spacial score (nSPS) is 12.0. The van der Waals surface area contributed by atoms with Gasteiger partial charge in [-0.2, -0.15) is 0 Å². The van der Waals surface area contributed by atoms with Gasteiger partial charge in [-0.15, -0.1) is 0 Å². The first kappa shape index (κ1) is 16.9. The molecule has 1 unspecified atom stereocenters. The summed E-state index contributed by atoms with van der Waals surface area (Å²) >= 11 is 1.20. The zero-order valence-electron chi connectivity index (χ0n) is 13.5. The molecule has 3 aromatic rings. The maximum atomic E-state index is 12.9. The third-order valence-electron chi connectivity index (χ3n) is 3.85. The van der Waals surface area contributed by atoms with Gasteiger partial charge in [0.15, 0.2) is 6.04 Å². The Hall–Kier alpha value is -2.93. The Labute approximate surface area is 147 Å². The zero-order chi connectivity index (χ0) is 18.0. The van der Waals surface area contributed by atoms with Crippen molar-refractivity contribution in [3.63, 3.8) is 0 Å². The van der Waals surface area contributed by atoms with E-state index in [9.17, 15) is 14.4 Å². The van der Waals surface area contributed by atoms with Gasteiger partial charge in [0.2, 0.25) is 0 Å². The number of carboxylic acids is 1. The second kappa shape index (κ2) is 6.90. The molecular formula is C18H16N2O4S. The number of hydrogen-bond donors (Lipinski definition) is 1. The van der Waals surface area contributed by atoms with Crippen molar-refractivity contribution < 1.29 is 14.7 Å². The fourth-order valence-electron chi connectivity index (χ4n) is 2.66. The van der Waals surface area contributed by atoms with E-state index >= 15 is 0 Å². The van der Waals surface area contributed by atoms with Crippen LogP contribution in [-0.4, -0.2) is 39.4 Å². The zero-order valence-corrected chi connectivity index (χ0v) is 14.3. The molecule has 0 aliphatic carbocycles. The van der Waals surface area contributed by atoms with Gasteiger partial charge in [-0.3, -0.25) is 14.4 Å². The highest BCUT2D eigenvalue weighted by Crippen LogP contribution is 2.25. The number of aromatic nitrogens is 1. The molecule has 1 N–H and O–H groups in total. The van der Waals surface area contributed by atoms with Crippen LogP contribution in [0.4, 0.5) is 0 Å². The SMILES string of the molecule is CN(CC(=O)O)C(=O)C(c1ccccc1)n1sc2ccccc2c1=O. The quantitative estimate of drug-likeness (QED) is 0.760. The molecule has 25 heavy (non-hydrogen) atoms. The van der Waals surface area contributed by atoms with Crippen molar-refractivity contribution in [1.29, 1.82) is 0 Å². The average molecular weight is 356 g/mol. The molecule has 3 rings (SSSR count). The maximum Gasteiger partial charge on any atom is 0.323 e. The van der Waals surface area contributed by atoms with Crippen molar-refractivity contribution >= 4 is 33.5 Å². The summed E-state index contributed by atoms with van der Waals surface area (Å²) in [7, 11) is 1.42. The number of nitrogens with zero attached hydrogens (tertiary/aromatic N) is 2. The first-order chi connectivity index (χ1) is 12.0. The molecule has 0 saturated heterocycles. The van der Waals surface area contributed by atoms with E-state index in [2.05, 4.69) is 0 Å². The van der Waals surface area contributed by atoms with Gasteiger partial charge in [-0.25, -0.2) is 3.96 Å². The van der Waals surface area contributed by atoms with Crippen molar-refractivity contribution in [1.82, 2.24) is 8.86 Å². The molecule has 2 aromatic carbocycles. The lowest BCUT2D eigenvalue weighted by atomic mass is 10.1. The van der Waals surface area contributed by atoms with E-state index in [-0.39, 0.29) is 5.56 Å². The summed E-state index contributed by atoms with van der Waals surface area (Å²) in [5, 5.41) is 9.51. The van der Waals surface area contributed by atoms with Crippen LogP contribution >= 0.6 is 11.5 Å². The largest absolute Gasteiger partial charge is 0.480 e. The molecule has 0 aliphatic heterocycles. The molecule has 1 atom stereocenters. The Morgan fingerprint density at radius 3 is 2.40 bits per heavy atom. The Morgan fingerprint density at radius 1 is 1.12 bits per heavy atom. The topological polar surface area (TPSA) is 79.6 Å². The molecule has 7 heteroatoms. The van der Waals surface area contributed by atoms with Gasteiger partial charge in [-0.05, 0) is 17.7 Å². The van der Waals surface area contributed by atoms with E-state index in [1.807, 2.05) is 18.2 Å². The lowest BCUT2D eigenvalue weighted by Gasteiger charge is -2.23. The van der Waals surface area contributed by atoms with Gasteiger partial charge < -0.3 is 10.0 Å². The lowest BCUT2D eigenvalue weighted by Crippen LogP contribution is -2.39. The number of aliphatic carboxylic acids is 1. The summed E-state index contributed by atoms with van der Waals surface area (Å²) in [5.74, 6) is -1.55. The second-order valence-electron chi connectivity index (χ2n) is 5.62. The second-order valence-corrected chi connectivity index (χ2v) is 6.64. The third-order valence-corrected chi connectivity index (χ3v) is 4.97. The minimum atomic E-state index is -1.11. The van der Waals surface area contributed by atoms with Crippen LogP contribution in [-0.2, 0) is 9.59 Å². The fourth-order valence-corrected chi connectivity index (χ4v) is 3.77. The van der Waals surface area contributed by atoms with Crippen LogP contribution in [0.3, 0.4) is 0 Å². The number of carbonyl (C=O) groups excluding carboxylic acids is 1. The summed E-state index contributed by atoms with van der Waals surface area (Å²) in [6, 6.07) is 15.2. The van der Waals surface area contributed by atoms with Crippen LogP contribution in [0, 0.1) is 0 Å². The first-order valence-electron chi connectivity index (χ1n) is 7.61. The number of fused-ring (bicyclic) bond motifs is 1. The summed E-state index contributed by atoms with van der Waals surface area (Å²) in [6.07, 6.45) is 0. The summed E-state index contributed by atoms with van der Waals surface area (Å²) in [6.45, 7) is -0.429. The molecule has 0 bridgehead atoms. The molecule has 0 fully saturated rings. The summed E-state index contributed by atoms with van der Waals surface area (Å²) in [5.41, 5.74) is 0.380. The van der Waals surface area contributed by atoms with Crippen LogP contribution in [0.1, 0.15) is 11.6 Å². The molecule has 0 saturated carbocycles. The highest BCUT2D eigenvalue weighted by molar-refractivity contribution is 7.14. The number of likely N-dealkylation sites (N-methyl/N-ethyl adjacent to an activating group) is 1. The van der Waals surface area contributed by atoms with Crippen molar-refractivity contribution in [2.45, 2.75) is 6.04 Å². The monoisotopic (exact) mass is 356 g/mol. The maximum absolute atomic E-state index is 12.9. The lowest BCUT2D eigenvalue weighted by molar-refractivity contribution is -0.144. The van der Waals surface area contributed by atoms with E-state index in [0.29, 0.717) is 10.9 Å². The molecule has 0 radical (unpaired) electrons. The van der Waals surface area contributed by atoms with Crippen LogP contribution in [0.25, 0.3) is 10.1 Å². The van der Waals surface area contributed by atoms with E-state index in [1.165, 1.54) is 22.5 Å². The van der Waals surface area contributed by atoms with E-state index in [4.69, 9.17) is 5.11 Å². The average Bonchev–Trinajstić information content (AvgIpc) is 2.92. The molecule has 1 aromatic heterocycles.